The molecule has 1 heterocycles. The smallest absolute Gasteiger partial charge is 0.267 e. The van der Waals surface area contributed by atoms with Crippen molar-refractivity contribution < 1.29 is 0 Å². The van der Waals surface area contributed by atoms with Crippen molar-refractivity contribution in [2.45, 2.75) is 6.54 Å². The lowest BCUT2D eigenvalue weighted by Gasteiger charge is -2.00. The molecule has 1 rings (SSSR count). The van der Waals surface area contributed by atoms with E-state index in [9.17, 15) is 4.79 Å². The molecule has 60 valence electrons. The van der Waals surface area contributed by atoms with Gasteiger partial charge in [-0.05, 0) is 15.9 Å². The summed E-state index contributed by atoms with van der Waals surface area (Å²) in [5.41, 5.74) is -0.0422. The molecule has 0 N–H and O–H groups in total. The van der Waals surface area contributed by atoms with Crippen LogP contribution in [0.1, 0.15) is 0 Å². The van der Waals surface area contributed by atoms with Gasteiger partial charge in [0, 0.05) is 18.1 Å². The first-order valence-corrected chi connectivity index (χ1v) is 4.93. The highest BCUT2D eigenvalue weighted by Gasteiger charge is 1.98. The Hall–Kier alpha value is -0.160. The molecule has 0 radical (unpaired) electrons. The lowest BCUT2D eigenvalue weighted by molar-refractivity contribution is 0.712. The lowest BCUT2D eigenvalue weighted by atomic mass is 10.6. The highest BCUT2D eigenvalue weighted by Crippen LogP contribution is 1.98. The summed E-state index contributed by atoms with van der Waals surface area (Å²) in [6.07, 6.45) is 3.02. The number of halogens is 2. The number of aromatic nitrogens is 2. The van der Waals surface area contributed by atoms with Crippen LogP contribution in [0.15, 0.2) is 21.8 Å². The monoisotopic (exact) mass is 280 g/mol. The maximum absolute atomic E-state index is 11.2. The Kier molecular flexibility index (Phi) is 3.26. The van der Waals surface area contributed by atoms with Crippen molar-refractivity contribution >= 4 is 31.9 Å². The van der Waals surface area contributed by atoms with E-state index in [1.54, 1.807) is 4.57 Å². The van der Waals surface area contributed by atoms with Crippen LogP contribution >= 0.6 is 31.9 Å². The Morgan fingerprint density at radius 3 is 3.00 bits per heavy atom. The Morgan fingerprint density at radius 2 is 2.36 bits per heavy atom. The third kappa shape index (κ3) is 2.13. The summed E-state index contributed by atoms with van der Waals surface area (Å²) >= 11 is 6.35. The van der Waals surface area contributed by atoms with Gasteiger partial charge in [-0.2, -0.15) is 0 Å². The lowest BCUT2D eigenvalue weighted by Crippen LogP contribution is -2.21. The van der Waals surface area contributed by atoms with Gasteiger partial charge in [0.2, 0.25) is 0 Å². The van der Waals surface area contributed by atoms with Gasteiger partial charge in [0.1, 0.15) is 4.47 Å². The topological polar surface area (TPSA) is 34.9 Å². The van der Waals surface area contributed by atoms with E-state index in [1.165, 1.54) is 12.5 Å². The molecule has 5 heteroatoms. The molecule has 0 aliphatic rings. The minimum Gasteiger partial charge on any atom is -0.297 e. The standard InChI is InChI=1S/C6H6Br2N2O/c7-1-2-10-4-9-3-5(8)6(10)11/h3-4H,1-2H2. The van der Waals surface area contributed by atoms with Crippen LogP contribution in [-0.2, 0) is 6.54 Å². The quantitative estimate of drug-likeness (QED) is 0.768. The summed E-state index contributed by atoms with van der Waals surface area (Å²) < 4.78 is 2.04. The summed E-state index contributed by atoms with van der Waals surface area (Å²) in [7, 11) is 0. The summed E-state index contributed by atoms with van der Waals surface area (Å²) in [4.78, 5) is 15.1. The molecule has 1 aromatic rings. The minimum absolute atomic E-state index is 0.0422. The van der Waals surface area contributed by atoms with Crippen molar-refractivity contribution in [3.8, 4) is 0 Å². The Bertz CT molecular complexity index is 297. The molecular formula is C6H6Br2N2O. The van der Waals surface area contributed by atoms with Crippen LogP contribution in [0.25, 0.3) is 0 Å². The number of rotatable bonds is 2. The number of alkyl halides is 1. The van der Waals surface area contributed by atoms with Gasteiger partial charge < -0.3 is 0 Å². The highest BCUT2D eigenvalue weighted by molar-refractivity contribution is 9.10. The van der Waals surface area contributed by atoms with E-state index < -0.39 is 0 Å². The first-order valence-electron chi connectivity index (χ1n) is 3.01. The average molecular weight is 282 g/mol. The van der Waals surface area contributed by atoms with E-state index in [4.69, 9.17) is 0 Å². The minimum atomic E-state index is -0.0422. The Labute approximate surface area is 80.7 Å². The molecule has 0 atom stereocenters. The molecular weight excluding hydrogens is 276 g/mol. The van der Waals surface area contributed by atoms with E-state index in [-0.39, 0.29) is 5.56 Å². The van der Waals surface area contributed by atoms with Crippen LogP contribution in [0, 0.1) is 0 Å². The second-order valence-electron chi connectivity index (χ2n) is 1.93. The van der Waals surface area contributed by atoms with Crippen molar-refractivity contribution in [1.82, 2.24) is 9.55 Å². The third-order valence-electron chi connectivity index (χ3n) is 1.18. The molecule has 0 aliphatic carbocycles. The van der Waals surface area contributed by atoms with Crippen molar-refractivity contribution in [3.63, 3.8) is 0 Å². The molecule has 0 saturated heterocycles. The molecule has 1 aromatic heterocycles. The second kappa shape index (κ2) is 4.01. The van der Waals surface area contributed by atoms with Crippen LogP contribution in [0.3, 0.4) is 0 Å². The first kappa shape index (κ1) is 8.93. The van der Waals surface area contributed by atoms with Gasteiger partial charge in [-0.25, -0.2) is 4.98 Å². The molecule has 11 heavy (non-hydrogen) atoms. The van der Waals surface area contributed by atoms with Crippen molar-refractivity contribution in [3.05, 3.63) is 27.4 Å². The molecule has 0 unspecified atom stereocenters. The predicted molar refractivity (Wildman–Crippen MR) is 50.0 cm³/mol. The third-order valence-corrected chi connectivity index (χ3v) is 2.08. The largest absolute Gasteiger partial charge is 0.297 e. The van der Waals surface area contributed by atoms with E-state index in [0.717, 1.165) is 5.33 Å². The van der Waals surface area contributed by atoms with Crippen LogP contribution in [0.2, 0.25) is 0 Å². The molecule has 0 amide bonds. The van der Waals surface area contributed by atoms with Crippen molar-refractivity contribution in [1.29, 1.82) is 0 Å². The van der Waals surface area contributed by atoms with E-state index in [2.05, 4.69) is 36.8 Å². The Balaban J connectivity index is 3.07. The summed E-state index contributed by atoms with van der Waals surface area (Å²) in [6, 6.07) is 0. The maximum Gasteiger partial charge on any atom is 0.267 e. The number of hydrogen-bond donors (Lipinski definition) is 0. The van der Waals surface area contributed by atoms with Gasteiger partial charge in [-0.3, -0.25) is 9.36 Å². The molecule has 0 bridgehead atoms. The fraction of sp³-hybridized carbons (Fsp3) is 0.333. The number of aryl methyl sites for hydroxylation is 1. The SMILES string of the molecule is O=c1c(Br)cncn1CCBr. The molecule has 3 nitrogen and oxygen atoms in total. The van der Waals surface area contributed by atoms with Gasteiger partial charge in [-0.1, -0.05) is 15.9 Å². The fourth-order valence-corrected chi connectivity index (χ4v) is 1.40. The fourth-order valence-electron chi connectivity index (χ4n) is 0.674. The van der Waals surface area contributed by atoms with Crippen molar-refractivity contribution in [2.24, 2.45) is 0 Å². The van der Waals surface area contributed by atoms with Gasteiger partial charge >= 0.3 is 0 Å². The zero-order valence-corrected chi connectivity index (χ0v) is 8.80. The van der Waals surface area contributed by atoms with Crippen LogP contribution in [-0.4, -0.2) is 14.9 Å². The van der Waals surface area contributed by atoms with Gasteiger partial charge in [0.25, 0.3) is 5.56 Å². The molecule has 0 saturated carbocycles. The average Bonchev–Trinajstić information content (AvgIpc) is 1.99. The zero-order chi connectivity index (χ0) is 8.27. The van der Waals surface area contributed by atoms with Crippen LogP contribution < -0.4 is 5.56 Å². The van der Waals surface area contributed by atoms with E-state index >= 15 is 0 Å². The van der Waals surface area contributed by atoms with Crippen LogP contribution in [0.5, 0.6) is 0 Å². The molecule has 0 spiro atoms. The van der Waals surface area contributed by atoms with Crippen molar-refractivity contribution in [2.75, 3.05) is 5.33 Å². The van der Waals surface area contributed by atoms with E-state index in [0.29, 0.717) is 11.0 Å². The Morgan fingerprint density at radius 1 is 1.64 bits per heavy atom. The zero-order valence-electron chi connectivity index (χ0n) is 5.63. The van der Waals surface area contributed by atoms with Gasteiger partial charge in [-0.15, -0.1) is 0 Å². The normalized spacial score (nSPS) is 10.0. The number of hydrogen-bond acceptors (Lipinski definition) is 2. The second-order valence-corrected chi connectivity index (χ2v) is 3.58. The summed E-state index contributed by atoms with van der Waals surface area (Å²) in [5.74, 6) is 0. The maximum atomic E-state index is 11.2. The summed E-state index contributed by atoms with van der Waals surface area (Å²) in [5, 5.41) is 0.755. The predicted octanol–water partition coefficient (Wildman–Crippen LogP) is 1.40. The van der Waals surface area contributed by atoms with Crippen LogP contribution in [0.4, 0.5) is 0 Å². The molecule has 0 fully saturated rings. The number of nitrogens with zero attached hydrogens (tertiary/aromatic N) is 2. The summed E-state index contributed by atoms with van der Waals surface area (Å²) in [6.45, 7) is 0.644. The van der Waals surface area contributed by atoms with E-state index in [1.807, 2.05) is 0 Å². The molecule has 0 aromatic carbocycles. The highest BCUT2D eigenvalue weighted by atomic mass is 79.9. The first-order chi connectivity index (χ1) is 5.25. The van der Waals surface area contributed by atoms with Gasteiger partial charge in [0.05, 0.1) is 6.33 Å². The van der Waals surface area contributed by atoms with Gasteiger partial charge in [0.15, 0.2) is 0 Å². The molecule has 0 aliphatic heterocycles.